The molecular weight excluding hydrogens is 527 g/mol. The number of aryl methyl sites for hydroxylation is 1. The molecular formula is C30H35FN6O4. The van der Waals surface area contributed by atoms with Crippen molar-refractivity contribution in [1.29, 1.82) is 0 Å². The predicted octanol–water partition coefficient (Wildman–Crippen LogP) is 2.90. The van der Waals surface area contributed by atoms with E-state index in [-0.39, 0.29) is 35.4 Å². The van der Waals surface area contributed by atoms with Crippen molar-refractivity contribution >= 4 is 17.6 Å². The number of piperidine rings is 2. The Morgan fingerprint density at radius 3 is 2.34 bits per heavy atom. The summed E-state index contributed by atoms with van der Waals surface area (Å²) in [5.74, 6) is -0.0293. The number of carbonyl (C=O) groups excluding carboxylic acids is 3. The highest BCUT2D eigenvalue weighted by Crippen LogP contribution is 2.24. The molecule has 11 heteroatoms. The zero-order valence-electron chi connectivity index (χ0n) is 23.3. The Labute approximate surface area is 238 Å². The molecule has 0 radical (unpaired) electrons. The van der Waals surface area contributed by atoms with Crippen LogP contribution in [0.5, 0.6) is 5.75 Å². The van der Waals surface area contributed by atoms with Crippen LogP contribution in [0.2, 0.25) is 0 Å². The van der Waals surface area contributed by atoms with Crippen molar-refractivity contribution in [2.24, 2.45) is 13.0 Å². The molecule has 2 fully saturated rings. The van der Waals surface area contributed by atoms with Crippen LogP contribution >= 0.6 is 0 Å². The first-order valence-electron chi connectivity index (χ1n) is 13.9. The largest absolute Gasteiger partial charge is 0.497 e. The second-order valence-electron chi connectivity index (χ2n) is 10.7. The fourth-order valence-corrected chi connectivity index (χ4v) is 5.49. The maximum atomic E-state index is 14.9. The van der Waals surface area contributed by atoms with Crippen LogP contribution in [-0.4, -0.2) is 87.7 Å². The number of amides is 2. The summed E-state index contributed by atoms with van der Waals surface area (Å²) in [7, 11) is 3.43. The third-order valence-electron chi connectivity index (χ3n) is 7.88. The summed E-state index contributed by atoms with van der Waals surface area (Å²) in [5, 5.41) is 6.94. The van der Waals surface area contributed by atoms with Crippen molar-refractivity contribution < 1.29 is 23.5 Å². The highest BCUT2D eigenvalue weighted by Gasteiger charge is 2.31. The monoisotopic (exact) mass is 562 g/mol. The molecule has 2 aliphatic heterocycles. The molecule has 41 heavy (non-hydrogen) atoms. The molecule has 3 aromatic rings. The van der Waals surface area contributed by atoms with Crippen LogP contribution in [-0.2, 0) is 13.6 Å². The van der Waals surface area contributed by atoms with Gasteiger partial charge in [-0.05, 0) is 55.7 Å². The van der Waals surface area contributed by atoms with Crippen molar-refractivity contribution in [2.75, 3.05) is 33.3 Å². The standard InChI is InChI=1S/C30H35FN6O4/c1-35-17-20(15-33-35)18-36-12-11-26(25(31)19-36)34-29(39)23-5-8-27(32-16-23)30(40)37-13-9-22(10-14-37)28(38)21-3-6-24(41-2)7-4-21/h3-8,15-17,22,25-26H,9-14,18-19H2,1-2H3,(H,34,39). The van der Waals surface area contributed by atoms with Gasteiger partial charge in [-0.3, -0.25) is 28.9 Å². The molecule has 0 spiro atoms. The lowest BCUT2D eigenvalue weighted by atomic mass is 9.88. The van der Waals surface area contributed by atoms with Gasteiger partial charge in [0.2, 0.25) is 0 Å². The minimum absolute atomic E-state index is 0.0722. The number of alkyl halides is 1. The summed E-state index contributed by atoms with van der Waals surface area (Å²) in [6.07, 6.45) is 5.48. The number of ketones is 1. The minimum atomic E-state index is -1.20. The number of rotatable bonds is 8. The van der Waals surface area contributed by atoms with Crippen LogP contribution in [0, 0.1) is 5.92 Å². The second kappa shape index (κ2) is 12.6. The van der Waals surface area contributed by atoms with Gasteiger partial charge >= 0.3 is 0 Å². The number of ether oxygens (including phenoxy) is 1. The molecule has 1 N–H and O–H groups in total. The van der Waals surface area contributed by atoms with Crippen molar-refractivity contribution in [3.05, 3.63) is 77.4 Å². The number of nitrogens with one attached hydrogen (secondary N) is 1. The molecule has 0 saturated carbocycles. The number of pyridine rings is 1. The van der Waals surface area contributed by atoms with E-state index < -0.39 is 18.1 Å². The first-order chi connectivity index (χ1) is 19.8. The van der Waals surface area contributed by atoms with E-state index in [0.717, 1.165) is 5.56 Å². The number of benzene rings is 1. The lowest BCUT2D eigenvalue weighted by molar-refractivity contribution is 0.0645. The van der Waals surface area contributed by atoms with Crippen molar-refractivity contribution in [3.63, 3.8) is 0 Å². The Kier molecular flexibility index (Phi) is 8.72. The Bertz CT molecular complexity index is 1370. The van der Waals surface area contributed by atoms with Crippen LogP contribution < -0.4 is 10.1 Å². The van der Waals surface area contributed by atoms with Crippen LogP contribution in [0.25, 0.3) is 0 Å². The maximum absolute atomic E-state index is 14.9. The molecule has 10 nitrogen and oxygen atoms in total. The predicted molar refractivity (Wildman–Crippen MR) is 149 cm³/mol. The highest BCUT2D eigenvalue weighted by atomic mass is 19.1. The summed E-state index contributed by atoms with van der Waals surface area (Å²) >= 11 is 0. The van der Waals surface area contributed by atoms with Crippen molar-refractivity contribution in [2.45, 2.75) is 38.0 Å². The van der Waals surface area contributed by atoms with Crippen LogP contribution in [0.15, 0.2) is 55.0 Å². The number of methoxy groups -OCH3 is 1. The average molecular weight is 563 g/mol. The summed E-state index contributed by atoms with van der Waals surface area (Å²) in [4.78, 5) is 46.6. The molecule has 5 rings (SSSR count). The number of nitrogens with zero attached hydrogens (tertiary/aromatic N) is 5. The Morgan fingerprint density at radius 1 is 1.00 bits per heavy atom. The molecule has 4 heterocycles. The minimum Gasteiger partial charge on any atom is -0.497 e. The van der Waals surface area contributed by atoms with E-state index in [2.05, 4.69) is 15.4 Å². The Hall–Kier alpha value is -4.12. The molecule has 2 atom stereocenters. The number of aromatic nitrogens is 3. The summed E-state index contributed by atoms with van der Waals surface area (Å²) in [5.41, 5.74) is 2.17. The summed E-state index contributed by atoms with van der Waals surface area (Å²) < 4.78 is 21.8. The number of hydrogen-bond donors (Lipinski definition) is 1. The smallest absolute Gasteiger partial charge is 0.272 e. The maximum Gasteiger partial charge on any atom is 0.272 e. The molecule has 1 aromatic carbocycles. The highest BCUT2D eigenvalue weighted by molar-refractivity contribution is 5.99. The molecule has 2 aliphatic rings. The van der Waals surface area contributed by atoms with Gasteiger partial charge in [-0.25, -0.2) is 4.39 Å². The van der Waals surface area contributed by atoms with E-state index in [1.807, 2.05) is 18.1 Å². The quantitative estimate of drug-likeness (QED) is 0.421. The molecule has 2 amide bonds. The van der Waals surface area contributed by atoms with E-state index in [9.17, 15) is 18.8 Å². The lowest BCUT2D eigenvalue weighted by Crippen LogP contribution is -2.52. The van der Waals surface area contributed by atoms with Gasteiger partial charge in [0.1, 0.15) is 17.6 Å². The van der Waals surface area contributed by atoms with E-state index >= 15 is 0 Å². The average Bonchev–Trinajstić information content (AvgIpc) is 3.42. The van der Waals surface area contributed by atoms with Crippen LogP contribution in [0.1, 0.15) is 56.0 Å². The number of Topliss-reactive ketones (excluding diaryl/α,β-unsaturated/α-hetero) is 1. The van der Waals surface area contributed by atoms with Gasteiger partial charge in [-0.2, -0.15) is 5.10 Å². The third-order valence-corrected chi connectivity index (χ3v) is 7.88. The summed E-state index contributed by atoms with van der Waals surface area (Å²) in [6.45, 7) is 2.41. The normalized spacial score (nSPS) is 20.0. The van der Waals surface area contributed by atoms with Crippen LogP contribution in [0.3, 0.4) is 0 Å². The number of likely N-dealkylation sites (tertiary alicyclic amines) is 2. The second-order valence-corrected chi connectivity index (χ2v) is 10.7. The fourth-order valence-electron chi connectivity index (χ4n) is 5.49. The molecule has 0 bridgehead atoms. The summed E-state index contributed by atoms with van der Waals surface area (Å²) in [6, 6.07) is 9.55. The molecule has 0 aliphatic carbocycles. The van der Waals surface area contributed by atoms with Gasteiger partial charge in [-0.1, -0.05) is 0 Å². The van der Waals surface area contributed by atoms with Gasteiger partial charge in [0.25, 0.3) is 11.8 Å². The SMILES string of the molecule is COc1ccc(C(=O)C2CCN(C(=O)c3ccc(C(=O)NC4CCN(Cc5cnn(C)c5)CC4F)cn3)CC2)cc1. The van der Waals surface area contributed by atoms with Gasteiger partial charge in [0.05, 0.1) is 24.9 Å². The van der Waals surface area contributed by atoms with Gasteiger partial charge in [-0.15, -0.1) is 0 Å². The molecule has 216 valence electrons. The van der Waals surface area contributed by atoms with Gasteiger partial charge in [0, 0.05) is 69.2 Å². The fraction of sp³-hybridized carbons (Fsp3) is 0.433. The van der Waals surface area contributed by atoms with E-state index in [1.54, 1.807) is 53.2 Å². The van der Waals surface area contributed by atoms with E-state index in [4.69, 9.17) is 4.74 Å². The lowest BCUT2D eigenvalue weighted by Gasteiger charge is -2.34. The molecule has 2 saturated heterocycles. The third kappa shape index (κ3) is 6.79. The first kappa shape index (κ1) is 28.4. The van der Waals surface area contributed by atoms with Crippen LogP contribution in [0.4, 0.5) is 4.39 Å². The van der Waals surface area contributed by atoms with Crippen molar-refractivity contribution in [1.82, 2.24) is 29.9 Å². The number of halogens is 1. The van der Waals surface area contributed by atoms with Gasteiger partial charge in [0.15, 0.2) is 5.78 Å². The zero-order chi connectivity index (χ0) is 28.9. The number of hydrogen-bond acceptors (Lipinski definition) is 7. The van der Waals surface area contributed by atoms with E-state index in [1.165, 1.54) is 12.3 Å². The Morgan fingerprint density at radius 2 is 1.73 bits per heavy atom. The molecule has 2 unspecified atom stereocenters. The number of carbonyl (C=O) groups is 3. The first-order valence-corrected chi connectivity index (χ1v) is 13.9. The molecule has 2 aromatic heterocycles. The van der Waals surface area contributed by atoms with Gasteiger partial charge < -0.3 is 15.0 Å². The topological polar surface area (TPSA) is 110 Å². The van der Waals surface area contributed by atoms with Crippen molar-refractivity contribution in [3.8, 4) is 5.75 Å². The zero-order valence-corrected chi connectivity index (χ0v) is 23.3. The Balaban J connectivity index is 1.09. The van der Waals surface area contributed by atoms with E-state index in [0.29, 0.717) is 56.8 Å².